The van der Waals surface area contributed by atoms with Crippen LogP contribution in [0.5, 0.6) is 0 Å². The lowest BCUT2D eigenvalue weighted by molar-refractivity contribution is -0.127. The van der Waals surface area contributed by atoms with Gasteiger partial charge in [0.1, 0.15) is 0 Å². The van der Waals surface area contributed by atoms with Gasteiger partial charge in [-0.1, -0.05) is 0 Å². The molecule has 0 unspecified atom stereocenters. The van der Waals surface area contributed by atoms with Gasteiger partial charge in [0.15, 0.2) is 0 Å². The minimum atomic E-state index is -0.0521. The first-order valence-electron chi connectivity index (χ1n) is 7.98. The third-order valence-corrected chi connectivity index (χ3v) is 4.89. The summed E-state index contributed by atoms with van der Waals surface area (Å²) >= 11 is 0. The van der Waals surface area contributed by atoms with E-state index in [4.69, 9.17) is 4.74 Å². The number of nitrogens with one attached hydrogen (secondary N) is 2. The van der Waals surface area contributed by atoms with Crippen LogP contribution in [0.15, 0.2) is 5.10 Å². The summed E-state index contributed by atoms with van der Waals surface area (Å²) in [6, 6.07) is 0.450. The van der Waals surface area contributed by atoms with Gasteiger partial charge in [0.05, 0.1) is 18.2 Å². The number of carbonyl (C=O) groups excluding carboxylic acids is 2. The molecule has 2 amide bonds. The van der Waals surface area contributed by atoms with Crippen molar-refractivity contribution in [3.05, 3.63) is 0 Å². The highest BCUT2D eigenvalue weighted by Gasteiger charge is 2.55. The number of hydrogen-bond acceptors (Lipinski definition) is 5. The molecule has 4 atom stereocenters. The summed E-state index contributed by atoms with van der Waals surface area (Å²) in [5.74, 6) is 0.452. The first-order valence-corrected chi connectivity index (χ1v) is 7.98. The smallest absolute Gasteiger partial charge is 0.240 e. The molecule has 2 heterocycles. The van der Waals surface area contributed by atoms with Crippen molar-refractivity contribution in [2.24, 2.45) is 11.0 Å². The van der Waals surface area contributed by atoms with E-state index in [0.29, 0.717) is 31.6 Å². The van der Waals surface area contributed by atoms with Crippen molar-refractivity contribution in [3.8, 4) is 0 Å². The normalized spacial score (nSPS) is 33.8. The molecule has 7 nitrogen and oxygen atoms in total. The van der Waals surface area contributed by atoms with Crippen LogP contribution in [0.3, 0.4) is 0 Å². The highest BCUT2D eigenvalue weighted by Crippen LogP contribution is 2.41. The molecule has 0 spiro atoms. The van der Waals surface area contributed by atoms with Gasteiger partial charge in [-0.2, -0.15) is 5.10 Å². The third kappa shape index (κ3) is 3.01. The molecule has 1 saturated carbocycles. The summed E-state index contributed by atoms with van der Waals surface area (Å²) < 4.78 is 5.75. The standard InChI is InChI=1S/C15H24N4O3/c1-19(2)14-13(10-7-8-22-15(10)14)16-11(20)5-3-9-4-6-12(21)18-17-9/h10,13-15H,3-8H2,1-2H3,(H,16,20)(H,18,21)/t10-,13+,14-,15-/m1/s1. The topological polar surface area (TPSA) is 83.0 Å². The predicted molar refractivity (Wildman–Crippen MR) is 81.3 cm³/mol. The van der Waals surface area contributed by atoms with Gasteiger partial charge < -0.3 is 15.0 Å². The molecule has 0 aromatic rings. The molecule has 7 heteroatoms. The number of rotatable bonds is 5. The Kier molecular flexibility index (Phi) is 4.44. The Morgan fingerprint density at radius 1 is 1.45 bits per heavy atom. The molecule has 0 aromatic heterocycles. The first-order chi connectivity index (χ1) is 10.6. The van der Waals surface area contributed by atoms with E-state index in [0.717, 1.165) is 18.7 Å². The Hall–Kier alpha value is -1.47. The molecule has 3 rings (SSSR count). The number of hydrazone groups is 1. The van der Waals surface area contributed by atoms with Crippen molar-refractivity contribution in [2.75, 3.05) is 20.7 Å². The van der Waals surface area contributed by atoms with Crippen LogP contribution in [0.1, 0.15) is 32.1 Å². The van der Waals surface area contributed by atoms with Gasteiger partial charge in [-0.05, 0) is 33.4 Å². The summed E-state index contributed by atoms with van der Waals surface area (Å²) in [6.45, 7) is 0.794. The molecular formula is C15H24N4O3. The Morgan fingerprint density at radius 3 is 2.95 bits per heavy atom. The van der Waals surface area contributed by atoms with Crippen LogP contribution in [0.25, 0.3) is 0 Å². The van der Waals surface area contributed by atoms with Gasteiger partial charge in [0, 0.05) is 31.1 Å². The predicted octanol–water partition coefficient (Wildman–Crippen LogP) is -0.134. The fourth-order valence-electron chi connectivity index (χ4n) is 3.69. The lowest BCUT2D eigenvalue weighted by Crippen LogP contribution is -2.69. The Morgan fingerprint density at radius 2 is 2.27 bits per heavy atom. The Labute approximate surface area is 130 Å². The summed E-state index contributed by atoms with van der Waals surface area (Å²) in [5.41, 5.74) is 3.36. The molecular weight excluding hydrogens is 284 g/mol. The van der Waals surface area contributed by atoms with E-state index in [9.17, 15) is 9.59 Å². The van der Waals surface area contributed by atoms with Crippen molar-refractivity contribution in [1.82, 2.24) is 15.6 Å². The van der Waals surface area contributed by atoms with E-state index in [-0.39, 0.29) is 30.0 Å². The molecule has 22 heavy (non-hydrogen) atoms. The SMILES string of the molecule is CN(C)[C@@H]1[C@@H](NC(=O)CCC2=NNC(=O)CC2)[C@H]2CCO[C@H]21. The first kappa shape index (κ1) is 15.4. The van der Waals surface area contributed by atoms with Gasteiger partial charge in [-0.15, -0.1) is 0 Å². The van der Waals surface area contributed by atoms with Crippen molar-refractivity contribution in [3.63, 3.8) is 0 Å². The summed E-state index contributed by atoms with van der Waals surface area (Å²) in [6.07, 6.45) is 3.44. The average molecular weight is 308 g/mol. The number of amides is 2. The lowest BCUT2D eigenvalue weighted by Gasteiger charge is -2.50. The van der Waals surface area contributed by atoms with Crippen LogP contribution < -0.4 is 10.7 Å². The van der Waals surface area contributed by atoms with Crippen molar-refractivity contribution >= 4 is 17.5 Å². The maximum atomic E-state index is 12.2. The Bertz CT molecular complexity index is 491. The van der Waals surface area contributed by atoms with Crippen molar-refractivity contribution in [1.29, 1.82) is 0 Å². The number of hydrogen-bond donors (Lipinski definition) is 2. The highest BCUT2D eigenvalue weighted by molar-refractivity contribution is 5.94. The minimum absolute atomic E-state index is 0.0521. The van der Waals surface area contributed by atoms with E-state index in [1.165, 1.54) is 0 Å². The maximum Gasteiger partial charge on any atom is 0.240 e. The minimum Gasteiger partial charge on any atom is -0.376 e. The van der Waals surface area contributed by atoms with E-state index >= 15 is 0 Å². The third-order valence-electron chi connectivity index (χ3n) is 4.89. The number of nitrogens with zero attached hydrogens (tertiary/aromatic N) is 2. The van der Waals surface area contributed by atoms with Crippen LogP contribution in [0, 0.1) is 5.92 Å². The number of likely N-dealkylation sites (N-methyl/N-ethyl adjacent to an activating group) is 1. The number of carbonyl (C=O) groups is 2. The monoisotopic (exact) mass is 308 g/mol. The zero-order chi connectivity index (χ0) is 15.7. The molecule has 0 aromatic carbocycles. The molecule has 1 aliphatic carbocycles. The number of ether oxygens (including phenoxy) is 1. The van der Waals surface area contributed by atoms with E-state index in [2.05, 4.69) is 20.7 Å². The van der Waals surface area contributed by atoms with E-state index in [1.807, 2.05) is 14.1 Å². The second kappa shape index (κ2) is 6.34. The zero-order valence-corrected chi connectivity index (χ0v) is 13.2. The van der Waals surface area contributed by atoms with Gasteiger partial charge in [-0.3, -0.25) is 9.59 Å². The fourth-order valence-corrected chi connectivity index (χ4v) is 3.69. The van der Waals surface area contributed by atoms with Gasteiger partial charge in [-0.25, -0.2) is 5.43 Å². The van der Waals surface area contributed by atoms with Crippen LogP contribution in [-0.4, -0.2) is 61.3 Å². The average Bonchev–Trinajstić information content (AvgIpc) is 2.87. The Balaban J connectivity index is 1.48. The number of fused-ring (bicyclic) bond motifs is 1. The van der Waals surface area contributed by atoms with Crippen LogP contribution in [0.2, 0.25) is 0 Å². The van der Waals surface area contributed by atoms with Gasteiger partial charge >= 0.3 is 0 Å². The fraction of sp³-hybridized carbons (Fsp3) is 0.800. The van der Waals surface area contributed by atoms with E-state index < -0.39 is 0 Å². The van der Waals surface area contributed by atoms with E-state index in [1.54, 1.807) is 0 Å². The molecule has 0 radical (unpaired) electrons. The second-order valence-corrected chi connectivity index (χ2v) is 6.55. The summed E-state index contributed by atoms with van der Waals surface area (Å²) in [4.78, 5) is 25.4. The second-order valence-electron chi connectivity index (χ2n) is 6.55. The molecule has 2 N–H and O–H groups in total. The van der Waals surface area contributed by atoms with Crippen molar-refractivity contribution < 1.29 is 14.3 Å². The quantitative estimate of drug-likeness (QED) is 0.741. The van der Waals surface area contributed by atoms with Gasteiger partial charge in [0.25, 0.3) is 0 Å². The lowest BCUT2D eigenvalue weighted by atomic mass is 9.71. The van der Waals surface area contributed by atoms with Crippen LogP contribution in [-0.2, 0) is 14.3 Å². The molecule has 0 bridgehead atoms. The van der Waals surface area contributed by atoms with Crippen LogP contribution >= 0.6 is 0 Å². The zero-order valence-electron chi connectivity index (χ0n) is 13.2. The summed E-state index contributed by atoms with van der Waals surface area (Å²) in [5, 5.41) is 7.17. The molecule has 2 aliphatic heterocycles. The molecule has 122 valence electrons. The molecule has 2 fully saturated rings. The largest absolute Gasteiger partial charge is 0.376 e. The molecule has 1 saturated heterocycles. The summed E-state index contributed by atoms with van der Waals surface area (Å²) in [7, 11) is 4.06. The highest BCUT2D eigenvalue weighted by atomic mass is 16.5. The molecule has 3 aliphatic rings. The maximum absolute atomic E-state index is 12.2. The van der Waals surface area contributed by atoms with Crippen molar-refractivity contribution in [2.45, 2.75) is 50.3 Å². The van der Waals surface area contributed by atoms with Gasteiger partial charge in [0.2, 0.25) is 11.8 Å². The van der Waals surface area contributed by atoms with Crippen LogP contribution in [0.4, 0.5) is 0 Å².